The van der Waals surface area contributed by atoms with Crippen LogP contribution in [-0.4, -0.2) is 106 Å². The second-order valence-corrected chi connectivity index (χ2v) is 15.1. The maximum Gasteiger partial charge on any atom is 0.265 e. The van der Waals surface area contributed by atoms with Gasteiger partial charge in [0.25, 0.3) is 5.91 Å². The van der Waals surface area contributed by atoms with E-state index in [2.05, 4.69) is 34.2 Å². The number of aryl methyl sites for hydroxylation is 1. The number of nitrogens with one attached hydrogen (secondary N) is 4. The highest BCUT2D eigenvalue weighted by atomic mass is 31.2. The molecule has 0 bridgehead atoms. The average molecular weight is 798 g/mol. The predicted octanol–water partition coefficient (Wildman–Crippen LogP) is 0.906. The van der Waals surface area contributed by atoms with E-state index in [1.165, 1.54) is 23.8 Å². The van der Waals surface area contributed by atoms with Gasteiger partial charge in [-0.15, -0.1) is 0 Å². The summed E-state index contributed by atoms with van der Waals surface area (Å²) < 4.78 is 0. The molecule has 0 aliphatic carbocycles. The van der Waals surface area contributed by atoms with Gasteiger partial charge in [-0.2, -0.15) is 0 Å². The Hall–Kier alpha value is -5.48. The quantitative estimate of drug-likeness (QED) is 0.119. The summed E-state index contributed by atoms with van der Waals surface area (Å²) in [5.41, 5.74) is 12.7. The van der Waals surface area contributed by atoms with E-state index < -0.39 is 36.8 Å². The van der Waals surface area contributed by atoms with E-state index in [0.717, 1.165) is 31.4 Å². The molecule has 18 heteroatoms. The van der Waals surface area contributed by atoms with Crippen LogP contribution in [0, 0.1) is 5.92 Å². The number of hydrogen-bond donors (Lipinski definition) is 8. The molecular formula is C38H52N7O10P. The van der Waals surface area contributed by atoms with Crippen LogP contribution in [0.1, 0.15) is 77.9 Å². The fraction of sp³-hybridized carbons (Fsp3) is 0.395. The molecule has 0 radical (unpaired) electrons. The Morgan fingerprint density at radius 2 is 1.61 bits per heavy atom. The van der Waals surface area contributed by atoms with Crippen molar-refractivity contribution in [3.05, 3.63) is 70.9 Å². The zero-order valence-corrected chi connectivity index (χ0v) is 32.5. The van der Waals surface area contributed by atoms with Crippen molar-refractivity contribution in [1.29, 1.82) is 0 Å². The number of benzene rings is 2. The fourth-order valence-electron chi connectivity index (χ4n) is 6.32. The average Bonchev–Trinajstić information content (AvgIpc) is 3.82. The summed E-state index contributed by atoms with van der Waals surface area (Å²) in [6.45, 7) is 9.64. The highest BCUT2D eigenvalue weighted by Crippen LogP contribution is 2.39. The normalized spacial score (nSPS) is 18.1. The van der Waals surface area contributed by atoms with Crippen molar-refractivity contribution in [3.8, 4) is 0 Å². The summed E-state index contributed by atoms with van der Waals surface area (Å²) >= 11 is 0. The number of rotatable bonds is 12. The van der Waals surface area contributed by atoms with Crippen molar-refractivity contribution in [2.45, 2.75) is 77.0 Å². The van der Waals surface area contributed by atoms with E-state index in [-0.39, 0.29) is 53.8 Å². The summed E-state index contributed by atoms with van der Waals surface area (Å²) in [6, 6.07) is 12.4. The first-order valence-corrected chi connectivity index (χ1v) is 19.7. The molecule has 2 aromatic carbocycles. The molecule has 2 aliphatic rings. The van der Waals surface area contributed by atoms with E-state index in [4.69, 9.17) is 21.1 Å². The molecule has 304 valence electrons. The van der Waals surface area contributed by atoms with Gasteiger partial charge < -0.3 is 56.7 Å². The molecule has 3 heterocycles. The number of carbonyl (C=O) groups is 8. The number of aromatic amines is 1. The van der Waals surface area contributed by atoms with Crippen LogP contribution < -0.4 is 27.4 Å². The van der Waals surface area contributed by atoms with Crippen molar-refractivity contribution in [3.63, 3.8) is 0 Å². The molecule has 56 heavy (non-hydrogen) atoms. The predicted molar refractivity (Wildman–Crippen MR) is 212 cm³/mol. The van der Waals surface area contributed by atoms with E-state index in [1.54, 1.807) is 11.0 Å². The Morgan fingerprint density at radius 3 is 2.20 bits per heavy atom. The number of primary amides is 2. The standard InChI is InChI=1S/C25H37N5O4.C11H11N2O4P.2CH2O/c1-3-17-4-6-18(7-5-17)15-28-23(32)20(9-11-22(26)31)29-24(33)21-10-8-19-12-13-27-14-16(2)25(34)30(19)21;1-18(16,17)11(15)6-2-3-8-7(4-6)5-9(13-8)10(12)14;2*1-2/h4-7,16,19-21,27H,3,8-15H2,1-2H3,(H2,26,31)(H,28,32)(H,29,33);2-5,13,16-17H,1H2,(H2,12,14);2*1H2/t16-,19+,20-,21-;;;/m0.../s1. The van der Waals surface area contributed by atoms with Gasteiger partial charge in [-0.3, -0.25) is 28.8 Å². The molecular weight excluding hydrogens is 745 g/mol. The van der Waals surface area contributed by atoms with Gasteiger partial charge in [-0.25, -0.2) is 0 Å². The first kappa shape index (κ1) is 46.7. The van der Waals surface area contributed by atoms with Crippen LogP contribution in [0.4, 0.5) is 0 Å². The van der Waals surface area contributed by atoms with Crippen LogP contribution >= 0.6 is 7.34 Å². The molecule has 5 rings (SSSR count). The van der Waals surface area contributed by atoms with Crippen molar-refractivity contribution in [2.75, 3.05) is 13.1 Å². The number of nitrogens with two attached hydrogens (primary N) is 2. The van der Waals surface area contributed by atoms with Crippen LogP contribution in [-0.2, 0) is 41.7 Å². The smallest absolute Gasteiger partial charge is 0.265 e. The Kier molecular flexibility index (Phi) is 18.5. The first-order chi connectivity index (χ1) is 26.6. The molecule has 2 fully saturated rings. The Labute approximate surface area is 325 Å². The van der Waals surface area contributed by atoms with Crippen molar-refractivity contribution in [1.82, 2.24) is 25.8 Å². The highest BCUT2D eigenvalue weighted by molar-refractivity contribution is 7.79. The van der Waals surface area contributed by atoms with Gasteiger partial charge in [0.15, 0.2) is 7.34 Å². The number of hydrogen-bond acceptors (Lipinski definition) is 11. The summed E-state index contributed by atoms with van der Waals surface area (Å²) in [6.07, 6.45) is 6.17. The van der Waals surface area contributed by atoms with E-state index in [9.17, 15) is 38.6 Å². The van der Waals surface area contributed by atoms with E-state index in [1.807, 2.05) is 44.8 Å². The molecule has 0 saturated carbocycles. The van der Waals surface area contributed by atoms with Crippen molar-refractivity contribution < 1.29 is 48.1 Å². The third kappa shape index (κ3) is 13.1. The highest BCUT2D eigenvalue weighted by Gasteiger charge is 2.43. The number of H-pyrrole nitrogens is 1. The van der Waals surface area contributed by atoms with Gasteiger partial charge in [0.05, 0.1) is 0 Å². The molecule has 1 aromatic heterocycles. The Bertz CT molecular complexity index is 1890. The lowest BCUT2D eigenvalue weighted by atomic mass is 10.0. The van der Waals surface area contributed by atoms with Gasteiger partial charge in [0.1, 0.15) is 31.4 Å². The lowest BCUT2D eigenvalue weighted by Gasteiger charge is -2.34. The second kappa shape index (κ2) is 22.2. The Balaban J connectivity index is 0.000000413. The molecule has 0 spiro atoms. The molecule has 2 aliphatic heterocycles. The maximum atomic E-state index is 13.2. The lowest BCUT2D eigenvalue weighted by Crippen LogP contribution is -2.56. The summed E-state index contributed by atoms with van der Waals surface area (Å²) in [4.78, 5) is 112. The number of aromatic nitrogens is 1. The topological polar surface area (TPSA) is 284 Å². The monoisotopic (exact) mass is 797 g/mol. The van der Waals surface area contributed by atoms with Crippen molar-refractivity contribution >= 4 is 73.2 Å². The summed E-state index contributed by atoms with van der Waals surface area (Å²) in [5.74, 6) is -2.13. The minimum Gasteiger partial charge on any atom is -0.370 e. The molecule has 4 atom stereocenters. The number of carbonyl (C=O) groups excluding carboxylic acids is 8. The van der Waals surface area contributed by atoms with Gasteiger partial charge in [-0.05, 0) is 80.3 Å². The molecule has 17 nitrogen and oxygen atoms in total. The second-order valence-electron chi connectivity index (χ2n) is 13.2. The van der Waals surface area contributed by atoms with Crippen LogP contribution in [0.2, 0.25) is 0 Å². The number of nitrogens with zero attached hydrogens (tertiary/aromatic N) is 1. The van der Waals surface area contributed by atoms with Gasteiger partial charge in [0.2, 0.25) is 29.2 Å². The van der Waals surface area contributed by atoms with E-state index in [0.29, 0.717) is 30.4 Å². The largest absolute Gasteiger partial charge is 0.370 e. The molecule has 2 saturated heterocycles. The fourth-order valence-corrected chi connectivity index (χ4v) is 6.87. The molecule has 10 N–H and O–H groups in total. The molecule has 3 aromatic rings. The van der Waals surface area contributed by atoms with Gasteiger partial charge >= 0.3 is 0 Å². The zero-order valence-electron chi connectivity index (χ0n) is 31.6. The molecule has 0 unspecified atom stereocenters. The van der Waals surface area contributed by atoms with Crippen LogP contribution in [0.25, 0.3) is 10.9 Å². The van der Waals surface area contributed by atoms with Crippen LogP contribution in [0.3, 0.4) is 0 Å². The van der Waals surface area contributed by atoms with E-state index >= 15 is 0 Å². The van der Waals surface area contributed by atoms with Crippen LogP contribution in [0.15, 0.2) is 48.5 Å². The van der Waals surface area contributed by atoms with Gasteiger partial charge in [0, 0.05) is 47.9 Å². The third-order valence-electron chi connectivity index (χ3n) is 9.25. The SMILES string of the molecule is C=O.C=O.C=P(O)(O)C(=O)c1ccc2[nH]c(C(N)=O)cc2c1.CCc1ccc(CNC(=O)[C@H](CCC(N)=O)NC(=O)[C@@H]2CC[C@@H]3CCNC[C@H](C)C(=O)N32)cc1. The summed E-state index contributed by atoms with van der Waals surface area (Å²) in [5, 5.41) is 9.53. The minimum atomic E-state index is -3.81. The zero-order chi connectivity index (χ0) is 42.2. The summed E-state index contributed by atoms with van der Waals surface area (Å²) in [7, 11) is -3.81. The number of fused-ring (bicyclic) bond motifs is 2. The molecule has 5 amide bonds. The van der Waals surface area contributed by atoms with Gasteiger partial charge in [-0.1, -0.05) is 38.1 Å². The number of amides is 5. The minimum absolute atomic E-state index is 0.0162. The van der Waals surface area contributed by atoms with Crippen molar-refractivity contribution in [2.24, 2.45) is 17.4 Å². The van der Waals surface area contributed by atoms with Crippen LogP contribution in [0.5, 0.6) is 0 Å². The first-order valence-electron chi connectivity index (χ1n) is 17.8. The lowest BCUT2D eigenvalue weighted by molar-refractivity contribution is -0.144. The Morgan fingerprint density at radius 1 is 0.964 bits per heavy atom. The third-order valence-corrected chi connectivity index (χ3v) is 10.2. The maximum absolute atomic E-state index is 13.2.